The van der Waals surface area contributed by atoms with Gasteiger partial charge in [-0.1, -0.05) is 12.8 Å². The fourth-order valence-corrected chi connectivity index (χ4v) is 3.78. The van der Waals surface area contributed by atoms with E-state index in [2.05, 4.69) is 4.98 Å². The number of aromatic nitrogens is 1. The molecule has 1 N–H and O–H groups in total. The van der Waals surface area contributed by atoms with E-state index in [9.17, 15) is 14.3 Å². The molecule has 1 saturated carbocycles. The minimum Gasteiger partial charge on any atom is -0.393 e. The van der Waals surface area contributed by atoms with Gasteiger partial charge in [0.25, 0.3) is 5.91 Å². The van der Waals surface area contributed by atoms with E-state index in [-0.39, 0.29) is 29.5 Å². The third kappa shape index (κ3) is 2.79. The summed E-state index contributed by atoms with van der Waals surface area (Å²) in [5.74, 6) is -0.706. The van der Waals surface area contributed by atoms with E-state index in [4.69, 9.17) is 0 Å². The lowest BCUT2D eigenvalue weighted by atomic mass is 9.80. The second-order valence-corrected chi connectivity index (χ2v) is 6.08. The largest absolute Gasteiger partial charge is 0.393 e. The van der Waals surface area contributed by atoms with Gasteiger partial charge in [-0.15, -0.1) is 0 Å². The molecule has 21 heavy (non-hydrogen) atoms. The maximum Gasteiger partial charge on any atom is 0.257 e. The van der Waals surface area contributed by atoms with Crippen molar-refractivity contribution in [1.29, 1.82) is 0 Å². The lowest BCUT2D eigenvalue weighted by Crippen LogP contribution is -2.45. The monoisotopic (exact) mass is 292 g/mol. The molecule has 3 atom stereocenters. The number of carbonyl (C=O) groups excluding carboxylic acids is 1. The molecule has 3 unspecified atom stereocenters. The van der Waals surface area contributed by atoms with E-state index in [1.807, 2.05) is 0 Å². The molecule has 2 heterocycles. The third-order valence-corrected chi connectivity index (χ3v) is 4.84. The Morgan fingerprint density at radius 1 is 1.29 bits per heavy atom. The highest BCUT2D eigenvalue weighted by atomic mass is 19.1. The number of carbonyl (C=O) groups is 1. The number of aliphatic hydroxyl groups is 1. The fraction of sp³-hybridized carbons (Fsp3) is 0.625. The van der Waals surface area contributed by atoms with Crippen LogP contribution in [0, 0.1) is 11.7 Å². The highest BCUT2D eigenvalue weighted by molar-refractivity contribution is 5.94. The van der Waals surface area contributed by atoms with Crippen LogP contribution < -0.4 is 0 Å². The highest BCUT2D eigenvalue weighted by Crippen LogP contribution is 2.35. The maximum absolute atomic E-state index is 13.8. The van der Waals surface area contributed by atoms with E-state index >= 15 is 0 Å². The summed E-state index contributed by atoms with van der Waals surface area (Å²) in [6.45, 7) is 0.647. The summed E-state index contributed by atoms with van der Waals surface area (Å²) in [4.78, 5) is 18.1. The fourth-order valence-electron chi connectivity index (χ4n) is 3.78. The van der Waals surface area contributed by atoms with Crippen LogP contribution in [0.3, 0.4) is 0 Å². The molecule has 114 valence electrons. The first-order valence-electron chi connectivity index (χ1n) is 7.77. The predicted molar refractivity (Wildman–Crippen MR) is 76.2 cm³/mol. The summed E-state index contributed by atoms with van der Waals surface area (Å²) in [6, 6.07) is 1.48. The van der Waals surface area contributed by atoms with Crippen molar-refractivity contribution in [3.63, 3.8) is 0 Å². The van der Waals surface area contributed by atoms with Crippen LogP contribution in [0.25, 0.3) is 0 Å². The first-order valence-corrected chi connectivity index (χ1v) is 7.77. The highest BCUT2D eigenvalue weighted by Gasteiger charge is 2.39. The van der Waals surface area contributed by atoms with Gasteiger partial charge in [-0.05, 0) is 31.7 Å². The molecule has 0 spiro atoms. The summed E-state index contributed by atoms with van der Waals surface area (Å²) < 4.78 is 13.8. The lowest BCUT2D eigenvalue weighted by molar-refractivity contribution is 0.0210. The van der Waals surface area contributed by atoms with Gasteiger partial charge in [0.1, 0.15) is 0 Å². The molecule has 5 heteroatoms. The Labute approximate surface area is 124 Å². The van der Waals surface area contributed by atoms with Crippen LogP contribution in [0.4, 0.5) is 4.39 Å². The molecule has 1 aromatic rings. The van der Waals surface area contributed by atoms with Crippen LogP contribution in [-0.4, -0.2) is 39.6 Å². The van der Waals surface area contributed by atoms with Crippen molar-refractivity contribution in [2.75, 3.05) is 6.54 Å². The molecule has 1 aromatic heterocycles. The van der Waals surface area contributed by atoms with Gasteiger partial charge >= 0.3 is 0 Å². The zero-order chi connectivity index (χ0) is 14.8. The minimum absolute atomic E-state index is 0.0420. The predicted octanol–water partition coefficient (Wildman–Crippen LogP) is 2.38. The summed E-state index contributed by atoms with van der Waals surface area (Å²) >= 11 is 0. The van der Waals surface area contributed by atoms with Crippen LogP contribution >= 0.6 is 0 Å². The van der Waals surface area contributed by atoms with Crippen molar-refractivity contribution in [2.24, 2.45) is 5.92 Å². The molecular weight excluding hydrogens is 271 g/mol. The smallest absolute Gasteiger partial charge is 0.257 e. The summed E-state index contributed by atoms with van der Waals surface area (Å²) in [5.41, 5.74) is 0.0854. The van der Waals surface area contributed by atoms with Crippen LogP contribution in [0.1, 0.15) is 48.9 Å². The van der Waals surface area contributed by atoms with Crippen LogP contribution in [0.2, 0.25) is 0 Å². The van der Waals surface area contributed by atoms with Gasteiger partial charge in [0, 0.05) is 24.7 Å². The van der Waals surface area contributed by atoms with Crippen LogP contribution in [-0.2, 0) is 0 Å². The number of amides is 1. The molecule has 4 nitrogen and oxygen atoms in total. The third-order valence-electron chi connectivity index (χ3n) is 4.84. The molecular formula is C16H21FN2O2. The van der Waals surface area contributed by atoms with Gasteiger partial charge in [-0.2, -0.15) is 0 Å². The maximum atomic E-state index is 13.8. The van der Waals surface area contributed by atoms with Gasteiger partial charge < -0.3 is 10.0 Å². The van der Waals surface area contributed by atoms with Crippen LogP contribution in [0.5, 0.6) is 0 Å². The summed E-state index contributed by atoms with van der Waals surface area (Å²) in [7, 11) is 0. The Morgan fingerprint density at radius 3 is 2.86 bits per heavy atom. The number of halogens is 1. The van der Waals surface area contributed by atoms with Crippen molar-refractivity contribution >= 4 is 5.91 Å². The second-order valence-electron chi connectivity index (χ2n) is 6.08. The van der Waals surface area contributed by atoms with Crippen LogP contribution in [0.15, 0.2) is 18.5 Å². The van der Waals surface area contributed by atoms with Gasteiger partial charge in [-0.25, -0.2) is 4.39 Å². The SMILES string of the molecule is O=C(c1ccncc1F)N1CCCC1C1CCCCC1O. The van der Waals surface area contributed by atoms with Crippen molar-refractivity contribution < 1.29 is 14.3 Å². The molecule has 2 aliphatic rings. The molecule has 3 rings (SSSR count). The number of likely N-dealkylation sites (tertiary alicyclic amines) is 1. The summed E-state index contributed by atoms with van der Waals surface area (Å²) in [5, 5.41) is 10.2. The second kappa shape index (κ2) is 6.10. The van der Waals surface area contributed by atoms with Gasteiger partial charge in [0.15, 0.2) is 5.82 Å². The van der Waals surface area contributed by atoms with Crippen molar-refractivity contribution in [2.45, 2.75) is 50.7 Å². The molecule has 1 aliphatic carbocycles. The summed E-state index contributed by atoms with van der Waals surface area (Å²) in [6.07, 6.45) is 7.93. The topological polar surface area (TPSA) is 53.4 Å². The molecule has 0 radical (unpaired) electrons. The minimum atomic E-state index is -0.572. The number of pyridine rings is 1. The molecule has 2 fully saturated rings. The van der Waals surface area contributed by atoms with Crippen molar-refractivity contribution in [1.82, 2.24) is 9.88 Å². The molecule has 0 aromatic carbocycles. The normalized spacial score (nSPS) is 29.6. The Balaban J connectivity index is 1.80. The van der Waals surface area contributed by atoms with Crippen molar-refractivity contribution in [3.8, 4) is 0 Å². The Bertz CT molecular complexity index is 523. The van der Waals surface area contributed by atoms with E-state index < -0.39 is 5.82 Å². The quantitative estimate of drug-likeness (QED) is 0.910. The van der Waals surface area contributed by atoms with Gasteiger partial charge in [-0.3, -0.25) is 9.78 Å². The molecule has 1 saturated heterocycles. The van der Waals surface area contributed by atoms with Crippen molar-refractivity contribution in [3.05, 3.63) is 29.8 Å². The Hall–Kier alpha value is -1.49. The van der Waals surface area contributed by atoms with Gasteiger partial charge in [0.05, 0.1) is 17.9 Å². The number of rotatable bonds is 2. The zero-order valence-electron chi connectivity index (χ0n) is 12.0. The number of hydrogen-bond donors (Lipinski definition) is 1. The first-order chi connectivity index (χ1) is 10.2. The number of nitrogens with zero attached hydrogens (tertiary/aromatic N) is 2. The van der Waals surface area contributed by atoms with E-state index in [0.29, 0.717) is 6.54 Å². The van der Waals surface area contributed by atoms with Gasteiger partial charge in [0.2, 0.25) is 0 Å². The first kappa shape index (κ1) is 14.4. The Kier molecular flexibility index (Phi) is 4.19. The average molecular weight is 292 g/mol. The van der Waals surface area contributed by atoms with E-state index in [1.165, 1.54) is 12.3 Å². The Morgan fingerprint density at radius 2 is 2.10 bits per heavy atom. The number of aliphatic hydroxyl groups excluding tert-OH is 1. The molecule has 1 aliphatic heterocycles. The van der Waals surface area contributed by atoms with E-state index in [1.54, 1.807) is 4.90 Å². The average Bonchev–Trinajstić information content (AvgIpc) is 2.97. The number of hydrogen-bond acceptors (Lipinski definition) is 3. The molecule has 1 amide bonds. The molecule has 0 bridgehead atoms. The standard InChI is InChI=1S/C16H21FN2O2/c17-13-10-18-8-7-11(13)16(21)19-9-3-5-14(19)12-4-1-2-6-15(12)20/h7-8,10,12,14-15,20H,1-6,9H2. The lowest BCUT2D eigenvalue weighted by Gasteiger charge is -2.37. The zero-order valence-corrected chi connectivity index (χ0v) is 12.0. The van der Waals surface area contributed by atoms with E-state index in [0.717, 1.165) is 44.7 Å².